The van der Waals surface area contributed by atoms with Crippen LogP contribution in [-0.4, -0.2) is 98.0 Å². The van der Waals surface area contributed by atoms with Crippen molar-refractivity contribution in [2.45, 2.75) is 57.5 Å². The average Bonchev–Trinajstić information content (AvgIpc) is 3.98. The number of hydrogen-bond donors (Lipinski definition) is 1. The van der Waals surface area contributed by atoms with Gasteiger partial charge in [0.05, 0.1) is 36.2 Å². The van der Waals surface area contributed by atoms with Gasteiger partial charge >= 0.3 is 103 Å². The first-order valence-corrected chi connectivity index (χ1v) is 22.6. The molecule has 63 heavy (non-hydrogen) atoms. The maximum Gasteiger partial charge on any atom is 1.00 e. The Bertz CT molecular complexity index is 2140. The summed E-state index contributed by atoms with van der Waals surface area (Å²) >= 11 is 6.87. The van der Waals surface area contributed by atoms with E-state index in [1.165, 1.54) is 20.7 Å². The number of hydrogen-bond acceptors (Lipinski definition) is 13. The van der Waals surface area contributed by atoms with Gasteiger partial charge in [-0.1, -0.05) is 67.0 Å². The van der Waals surface area contributed by atoms with Gasteiger partial charge in [-0.15, -0.1) is 0 Å². The summed E-state index contributed by atoms with van der Waals surface area (Å²) in [7, 11) is -6.93. The second-order valence-corrected chi connectivity index (χ2v) is 17.5. The van der Waals surface area contributed by atoms with E-state index in [0.717, 1.165) is 32.2 Å². The Hall–Kier alpha value is -0.202. The zero-order valence-electron chi connectivity index (χ0n) is 36.2. The average molecular weight is 1100 g/mol. The van der Waals surface area contributed by atoms with Crippen LogP contribution in [0.5, 0.6) is 17.2 Å². The molecule has 2 heterocycles. The Kier molecular flexibility index (Phi) is 34.3. The topological polar surface area (TPSA) is 190 Å². The van der Waals surface area contributed by atoms with Gasteiger partial charge in [0, 0.05) is 54.7 Å². The molecule has 0 bridgehead atoms. The first-order chi connectivity index (χ1) is 28.2. The number of phenols is 1. The van der Waals surface area contributed by atoms with Crippen LogP contribution in [0.25, 0.3) is 0 Å². The zero-order chi connectivity index (χ0) is 43.6. The number of rotatable bonds is 13. The Balaban J connectivity index is -0.000000863. The number of phenolic OH excluding ortho intramolecular Hbond substituents is 1. The molecule has 2 saturated heterocycles. The smallest absolute Gasteiger partial charge is 1.00 e. The van der Waals surface area contributed by atoms with Gasteiger partial charge in [0.25, 0.3) is 6.47 Å². The van der Waals surface area contributed by atoms with E-state index in [9.17, 15) is 26.3 Å². The Morgan fingerprint density at radius 2 is 1.05 bits per heavy atom. The standard InChI is InChI=1S/C19H22BrNO5S.C10H14FNO2S.C9H9BrO3.CH2O3.CH4.B.2K.H/c1-3-21(4-2)27(22,23)16-8-5-14(6-9-16)26-15-7-10-18(20)17(13-15)19-24-11-12-25-19;1-3-12(4-2)15(13,14)10-7-5-9(11)6-8-10;10-8-2-1-6(11)5-7(8)9-12-3-4-13-9;2-1-4-3;;;;;/h5-10,13,19H,3-4,11-12H2,1-2H3;5-8H,3-4H2,1-2H3;1-2,5,9,11H,3-4H2;1,3H;1H4;;;;/q;;;;;;2*+1;-1/p-1. The van der Waals surface area contributed by atoms with Crippen LogP contribution >= 0.6 is 31.9 Å². The van der Waals surface area contributed by atoms with E-state index in [4.69, 9.17) is 33.7 Å². The molecule has 3 radical (unpaired) electrons. The molecule has 2 aliphatic rings. The SMILES string of the molecule is C.CCN(CC)S(=O)(=O)c1ccc(F)cc1.CCN(CC)S(=O)(=O)c1ccc(Oc2ccc(Br)c(C3OCCO3)c2)cc1.O=CO[O-].Oc1ccc(Br)c(C2OCCO2)c1.[B].[H-].[K+].[K+]. The Labute approximate surface area is 475 Å². The van der Waals surface area contributed by atoms with Crippen molar-refractivity contribution in [2.75, 3.05) is 52.6 Å². The van der Waals surface area contributed by atoms with E-state index in [1.807, 2.05) is 32.0 Å². The minimum Gasteiger partial charge on any atom is -1.00 e. The van der Waals surface area contributed by atoms with Crippen LogP contribution in [0.3, 0.4) is 0 Å². The summed E-state index contributed by atoms with van der Waals surface area (Å²) < 4.78 is 93.6. The summed E-state index contributed by atoms with van der Waals surface area (Å²) in [4.78, 5) is 11.6. The predicted molar refractivity (Wildman–Crippen MR) is 233 cm³/mol. The van der Waals surface area contributed by atoms with Crippen molar-refractivity contribution < 1.29 is 169 Å². The molecule has 4 aromatic rings. The van der Waals surface area contributed by atoms with E-state index in [-0.39, 0.29) is 148 Å². The van der Waals surface area contributed by atoms with Crippen LogP contribution in [0.4, 0.5) is 4.39 Å². The van der Waals surface area contributed by atoms with Crippen molar-refractivity contribution in [1.82, 2.24) is 8.61 Å². The minimum absolute atomic E-state index is 0. The van der Waals surface area contributed by atoms with E-state index >= 15 is 0 Å². The third kappa shape index (κ3) is 20.1. The van der Waals surface area contributed by atoms with E-state index in [0.29, 0.717) is 64.1 Å². The Morgan fingerprint density at radius 1 is 0.698 bits per heavy atom. The van der Waals surface area contributed by atoms with Crippen molar-refractivity contribution in [3.05, 3.63) is 111 Å². The van der Waals surface area contributed by atoms with Gasteiger partial charge in [-0.3, -0.25) is 4.79 Å². The van der Waals surface area contributed by atoms with Gasteiger partial charge in [0.2, 0.25) is 20.0 Å². The van der Waals surface area contributed by atoms with Crippen LogP contribution in [0, 0.1) is 5.82 Å². The molecule has 0 saturated carbocycles. The molecule has 0 aliphatic carbocycles. The van der Waals surface area contributed by atoms with E-state index in [1.54, 1.807) is 56.3 Å². The van der Waals surface area contributed by atoms with Crippen molar-refractivity contribution in [1.29, 1.82) is 0 Å². The number of nitrogens with zero attached hydrogens (tertiary/aromatic N) is 2. The fraction of sp³-hybridized carbons (Fsp3) is 0.375. The number of halogens is 3. The van der Waals surface area contributed by atoms with Crippen molar-refractivity contribution in [3.8, 4) is 17.2 Å². The maximum atomic E-state index is 12.6. The van der Waals surface area contributed by atoms with Crippen LogP contribution in [-0.2, 0) is 48.7 Å². The van der Waals surface area contributed by atoms with Gasteiger partial charge in [0.15, 0.2) is 12.6 Å². The number of sulfonamides is 2. The summed E-state index contributed by atoms with van der Waals surface area (Å²) in [6, 6.07) is 21.9. The first kappa shape index (κ1) is 64.9. The maximum absolute atomic E-state index is 12.6. The second kappa shape index (κ2) is 33.3. The van der Waals surface area contributed by atoms with E-state index in [2.05, 4.69) is 36.7 Å². The molecule has 0 aromatic heterocycles. The van der Waals surface area contributed by atoms with Crippen LogP contribution in [0.1, 0.15) is 60.3 Å². The monoisotopic (exact) mass is 1100 g/mol. The molecular weight excluding hydrogens is 1050 g/mol. The molecule has 2 fully saturated rings. The van der Waals surface area contributed by atoms with Gasteiger partial charge in [0.1, 0.15) is 23.1 Å². The predicted octanol–water partition coefficient (Wildman–Crippen LogP) is 1.18. The fourth-order valence-corrected chi connectivity index (χ4v) is 9.18. The zero-order valence-corrected chi connectivity index (χ0v) is 46.3. The van der Waals surface area contributed by atoms with Crippen LogP contribution in [0.2, 0.25) is 0 Å². The number of carbonyl (C=O) groups excluding carboxylic acids is 1. The molecule has 0 unspecified atom stereocenters. The summed E-state index contributed by atoms with van der Waals surface area (Å²) in [5, 5.41) is 17.7. The van der Waals surface area contributed by atoms with Crippen molar-refractivity contribution in [3.63, 3.8) is 0 Å². The summed E-state index contributed by atoms with van der Waals surface area (Å²) in [6.07, 6.45) is -0.758. The number of carbonyl (C=O) groups is 1. The molecule has 0 amide bonds. The van der Waals surface area contributed by atoms with Gasteiger partial charge in [-0.25, -0.2) is 21.2 Å². The molecule has 6 rings (SSSR count). The van der Waals surface area contributed by atoms with Gasteiger partial charge < -0.3 is 40.4 Å². The van der Waals surface area contributed by atoms with Crippen LogP contribution in [0.15, 0.2) is 104 Å². The summed E-state index contributed by atoms with van der Waals surface area (Å²) in [5.41, 5.74) is 1.68. The van der Waals surface area contributed by atoms with Crippen LogP contribution < -0.4 is 113 Å². The molecule has 4 aromatic carbocycles. The minimum atomic E-state index is -3.48. The second-order valence-electron chi connectivity index (χ2n) is 11.9. The summed E-state index contributed by atoms with van der Waals surface area (Å²) in [6.45, 7) is 11.0. The third-order valence-corrected chi connectivity index (χ3v) is 13.9. The van der Waals surface area contributed by atoms with E-state index < -0.39 is 32.2 Å². The molecule has 15 nitrogen and oxygen atoms in total. The van der Waals surface area contributed by atoms with Crippen molar-refractivity contribution in [2.24, 2.45) is 0 Å². The molecule has 2 aliphatic heterocycles. The quantitative estimate of drug-likeness (QED) is 0.0871. The molecule has 23 heteroatoms. The molecule has 1 N–H and O–H groups in total. The van der Waals surface area contributed by atoms with Crippen molar-refractivity contribution >= 4 is 66.8 Å². The third-order valence-electron chi connectivity index (χ3n) is 8.30. The Morgan fingerprint density at radius 3 is 1.43 bits per heavy atom. The molecule has 0 spiro atoms. The molecular formula is C40H51BBr2FK2N2O13S2. The van der Waals surface area contributed by atoms with Gasteiger partial charge in [-0.05, 0) is 84.9 Å². The first-order valence-electron chi connectivity index (χ1n) is 18.2. The number of benzene rings is 4. The fourth-order valence-electron chi connectivity index (χ4n) is 5.40. The summed E-state index contributed by atoms with van der Waals surface area (Å²) in [5.74, 6) is 0.951. The normalized spacial score (nSPS) is 13.5. The molecule has 0 atom stereocenters. The van der Waals surface area contributed by atoms with Gasteiger partial charge in [-0.2, -0.15) is 8.61 Å². The number of ether oxygens (including phenoxy) is 5. The largest absolute Gasteiger partial charge is 1.00 e. The molecule has 337 valence electrons. The number of aromatic hydroxyl groups is 1.